The minimum absolute atomic E-state index is 0.283. The van der Waals surface area contributed by atoms with Crippen molar-refractivity contribution in [3.8, 4) is 16.9 Å². The molecular weight excluding hydrogens is 326 g/mol. The predicted octanol–water partition coefficient (Wildman–Crippen LogP) is 3.49. The standard InChI is InChI=1S/C21H29N3O2/c1-5-19(25)26-21-14(4)24-18(10-13(2)3)17(12-23)20(21)16-8-6-15(11-22)7-9-16/h6-9,13H,5,10-12,22-23H2,1-4H3. The first-order chi connectivity index (χ1) is 12.4. The summed E-state index contributed by atoms with van der Waals surface area (Å²) in [6.45, 7) is 8.77. The second-order valence-corrected chi connectivity index (χ2v) is 6.86. The number of carbonyl (C=O) groups is 1. The van der Waals surface area contributed by atoms with E-state index in [9.17, 15) is 4.79 Å². The van der Waals surface area contributed by atoms with E-state index < -0.39 is 0 Å². The molecule has 0 spiro atoms. The van der Waals surface area contributed by atoms with Crippen LogP contribution in [0, 0.1) is 12.8 Å². The van der Waals surface area contributed by atoms with Crippen molar-refractivity contribution in [1.29, 1.82) is 0 Å². The van der Waals surface area contributed by atoms with Gasteiger partial charge in [0.25, 0.3) is 0 Å². The van der Waals surface area contributed by atoms with Gasteiger partial charge in [-0.2, -0.15) is 0 Å². The first-order valence-corrected chi connectivity index (χ1v) is 9.13. The number of esters is 1. The van der Waals surface area contributed by atoms with Gasteiger partial charge < -0.3 is 16.2 Å². The third kappa shape index (κ3) is 4.48. The number of pyridine rings is 1. The smallest absolute Gasteiger partial charge is 0.310 e. The van der Waals surface area contributed by atoms with Gasteiger partial charge in [-0.3, -0.25) is 9.78 Å². The molecule has 1 aromatic carbocycles. The summed E-state index contributed by atoms with van der Waals surface area (Å²) >= 11 is 0. The molecule has 26 heavy (non-hydrogen) atoms. The molecule has 0 amide bonds. The summed E-state index contributed by atoms with van der Waals surface area (Å²) in [7, 11) is 0. The van der Waals surface area contributed by atoms with Crippen molar-refractivity contribution in [2.75, 3.05) is 0 Å². The van der Waals surface area contributed by atoms with Gasteiger partial charge in [-0.05, 0) is 36.0 Å². The van der Waals surface area contributed by atoms with Gasteiger partial charge in [0.1, 0.15) is 0 Å². The van der Waals surface area contributed by atoms with E-state index in [0.29, 0.717) is 36.9 Å². The van der Waals surface area contributed by atoms with Crippen LogP contribution in [0.3, 0.4) is 0 Å². The lowest BCUT2D eigenvalue weighted by atomic mass is 9.93. The van der Waals surface area contributed by atoms with Gasteiger partial charge in [0.2, 0.25) is 0 Å². The molecule has 0 saturated heterocycles. The number of hydrogen-bond donors (Lipinski definition) is 2. The van der Waals surface area contributed by atoms with Crippen molar-refractivity contribution in [3.05, 3.63) is 46.8 Å². The van der Waals surface area contributed by atoms with Crippen LogP contribution in [0.4, 0.5) is 0 Å². The third-order valence-corrected chi connectivity index (χ3v) is 4.30. The van der Waals surface area contributed by atoms with Crippen LogP contribution >= 0.6 is 0 Å². The van der Waals surface area contributed by atoms with Crippen LogP contribution in [0.5, 0.6) is 5.75 Å². The van der Waals surface area contributed by atoms with E-state index in [2.05, 4.69) is 13.8 Å². The number of rotatable bonds is 7. The summed E-state index contributed by atoms with van der Waals surface area (Å²) < 4.78 is 5.66. The number of aryl methyl sites for hydroxylation is 1. The highest BCUT2D eigenvalue weighted by molar-refractivity contribution is 5.81. The Bertz CT molecular complexity index is 768. The van der Waals surface area contributed by atoms with Crippen molar-refractivity contribution >= 4 is 5.97 Å². The monoisotopic (exact) mass is 355 g/mol. The normalized spacial score (nSPS) is 11.0. The molecule has 5 nitrogen and oxygen atoms in total. The molecule has 0 aliphatic carbocycles. The van der Waals surface area contributed by atoms with Crippen molar-refractivity contribution < 1.29 is 9.53 Å². The lowest BCUT2D eigenvalue weighted by Gasteiger charge is -2.20. The van der Waals surface area contributed by atoms with E-state index in [1.54, 1.807) is 6.92 Å². The maximum atomic E-state index is 12.0. The van der Waals surface area contributed by atoms with Crippen LogP contribution in [0.15, 0.2) is 24.3 Å². The highest BCUT2D eigenvalue weighted by Gasteiger charge is 2.22. The molecule has 0 unspecified atom stereocenters. The predicted molar refractivity (Wildman–Crippen MR) is 105 cm³/mol. The van der Waals surface area contributed by atoms with Crippen LogP contribution in [-0.2, 0) is 24.3 Å². The van der Waals surface area contributed by atoms with Gasteiger partial charge in [0, 0.05) is 30.8 Å². The zero-order chi connectivity index (χ0) is 19.3. The maximum Gasteiger partial charge on any atom is 0.310 e. The van der Waals surface area contributed by atoms with Crippen LogP contribution in [0.2, 0.25) is 0 Å². The molecule has 0 aliphatic rings. The number of carbonyl (C=O) groups excluding carboxylic acids is 1. The highest BCUT2D eigenvalue weighted by atomic mass is 16.5. The van der Waals surface area contributed by atoms with Crippen molar-refractivity contribution in [2.24, 2.45) is 17.4 Å². The molecule has 2 rings (SSSR count). The summed E-state index contributed by atoms with van der Waals surface area (Å²) in [6.07, 6.45) is 1.12. The average molecular weight is 355 g/mol. The lowest BCUT2D eigenvalue weighted by molar-refractivity contribution is -0.134. The highest BCUT2D eigenvalue weighted by Crippen LogP contribution is 2.38. The number of nitrogens with zero attached hydrogens (tertiary/aromatic N) is 1. The zero-order valence-electron chi connectivity index (χ0n) is 16.1. The number of nitrogens with two attached hydrogens (primary N) is 2. The summed E-state index contributed by atoms with van der Waals surface area (Å²) in [4.78, 5) is 16.7. The second-order valence-electron chi connectivity index (χ2n) is 6.86. The molecule has 0 radical (unpaired) electrons. The van der Waals surface area contributed by atoms with Crippen LogP contribution < -0.4 is 16.2 Å². The molecule has 1 aromatic heterocycles. The van der Waals surface area contributed by atoms with Crippen molar-refractivity contribution in [3.63, 3.8) is 0 Å². The fourth-order valence-electron chi connectivity index (χ4n) is 2.98. The molecule has 0 bridgehead atoms. The van der Waals surface area contributed by atoms with E-state index >= 15 is 0 Å². The van der Waals surface area contributed by atoms with Gasteiger partial charge >= 0.3 is 5.97 Å². The van der Waals surface area contributed by atoms with Crippen molar-refractivity contribution in [2.45, 2.75) is 53.6 Å². The van der Waals surface area contributed by atoms with Gasteiger partial charge in [0.15, 0.2) is 5.75 Å². The summed E-state index contributed by atoms with van der Waals surface area (Å²) in [5, 5.41) is 0. The lowest BCUT2D eigenvalue weighted by Crippen LogP contribution is -2.15. The van der Waals surface area contributed by atoms with E-state index in [-0.39, 0.29) is 5.97 Å². The zero-order valence-corrected chi connectivity index (χ0v) is 16.1. The Balaban J connectivity index is 2.71. The molecule has 4 N–H and O–H groups in total. The molecule has 0 aliphatic heterocycles. The van der Waals surface area contributed by atoms with Gasteiger partial charge in [-0.25, -0.2) is 0 Å². The largest absolute Gasteiger partial charge is 0.424 e. The Morgan fingerprint density at radius 2 is 1.81 bits per heavy atom. The van der Waals surface area contributed by atoms with Crippen LogP contribution in [0.1, 0.15) is 49.7 Å². The molecular formula is C21H29N3O2. The summed E-state index contributed by atoms with van der Waals surface area (Å²) in [5.74, 6) is 0.670. The average Bonchev–Trinajstić information content (AvgIpc) is 2.63. The maximum absolute atomic E-state index is 12.0. The molecule has 140 valence electrons. The molecule has 1 heterocycles. The van der Waals surface area contributed by atoms with E-state index in [1.165, 1.54) is 0 Å². The molecule has 2 aromatic rings. The minimum atomic E-state index is -0.283. The van der Waals surface area contributed by atoms with E-state index in [1.807, 2.05) is 31.2 Å². The van der Waals surface area contributed by atoms with Crippen LogP contribution in [0.25, 0.3) is 11.1 Å². The molecule has 5 heteroatoms. The Hall–Kier alpha value is -2.24. The second kappa shape index (κ2) is 8.92. The van der Waals surface area contributed by atoms with Crippen molar-refractivity contribution in [1.82, 2.24) is 4.98 Å². The Kier molecular flexibility index (Phi) is 6.89. The summed E-state index contributed by atoms with van der Waals surface area (Å²) in [6, 6.07) is 7.97. The van der Waals surface area contributed by atoms with Gasteiger partial charge in [0.05, 0.1) is 5.69 Å². The Morgan fingerprint density at radius 3 is 2.31 bits per heavy atom. The van der Waals surface area contributed by atoms with Gasteiger partial charge in [-0.1, -0.05) is 45.0 Å². The molecule has 0 saturated carbocycles. The number of aromatic nitrogens is 1. The summed E-state index contributed by atoms with van der Waals surface area (Å²) in [5.41, 5.74) is 17.3. The SMILES string of the molecule is CCC(=O)Oc1c(C)nc(CC(C)C)c(CN)c1-c1ccc(CN)cc1. The quantitative estimate of drug-likeness (QED) is 0.742. The number of hydrogen-bond acceptors (Lipinski definition) is 5. The van der Waals surface area contributed by atoms with Gasteiger partial charge in [-0.15, -0.1) is 0 Å². The fraction of sp³-hybridized carbons (Fsp3) is 0.429. The molecule has 0 fully saturated rings. The fourth-order valence-corrected chi connectivity index (χ4v) is 2.98. The minimum Gasteiger partial charge on any atom is -0.424 e. The Morgan fingerprint density at radius 1 is 1.15 bits per heavy atom. The molecule has 0 atom stereocenters. The Labute approximate surface area is 155 Å². The van der Waals surface area contributed by atoms with E-state index in [4.69, 9.17) is 21.2 Å². The first-order valence-electron chi connectivity index (χ1n) is 9.13. The number of benzene rings is 1. The third-order valence-electron chi connectivity index (χ3n) is 4.30. The van der Waals surface area contributed by atoms with Crippen LogP contribution in [-0.4, -0.2) is 11.0 Å². The van der Waals surface area contributed by atoms with E-state index in [0.717, 1.165) is 34.4 Å². The number of ether oxygens (including phenoxy) is 1. The first kappa shape index (κ1) is 20.1. The topological polar surface area (TPSA) is 91.2 Å².